The molecular formula is C19H18F4N8O2S. The molecule has 1 aliphatic rings. The van der Waals surface area contributed by atoms with E-state index < -0.39 is 57.3 Å². The van der Waals surface area contributed by atoms with Gasteiger partial charge in [0, 0.05) is 13.2 Å². The maximum absolute atomic E-state index is 14.7. The van der Waals surface area contributed by atoms with Crippen LogP contribution in [0.4, 0.5) is 23.4 Å². The third-order valence-electron chi connectivity index (χ3n) is 4.75. The Morgan fingerprint density at radius 1 is 1.38 bits per heavy atom. The summed E-state index contributed by atoms with van der Waals surface area (Å²) in [5.41, 5.74) is 3.82. The standard InChI is InChI=1S/C19H18F4N8O2S/c1-18(10-34(33,27-9-19(21,22)23)31(2)17(25)30-18)15-12(20)4-6-14(28-15)29-16(32)13-5-3-11(7-24)8-26-13/h3-6,8H,9-10H2,1-2H3,(H2,25,30)(H,28,29,32)/t18-,34?/m0/s1. The van der Waals surface area contributed by atoms with Gasteiger partial charge in [-0.3, -0.25) is 9.10 Å². The number of pyridine rings is 2. The number of halogens is 4. The summed E-state index contributed by atoms with van der Waals surface area (Å²) >= 11 is 0. The molecule has 3 heterocycles. The molecule has 0 spiro atoms. The number of carbonyl (C=O) groups excluding carboxylic acids is 1. The van der Waals surface area contributed by atoms with E-state index in [1.54, 1.807) is 0 Å². The van der Waals surface area contributed by atoms with Crippen molar-refractivity contribution in [1.29, 1.82) is 5.26 Å². The van der Waals surface area contributed by atoms with Crippen molar-refractivity contribution in [2.45, 2.75) is 18.6 Å². The summed E-state index contributed by atoms with van der Waals surface area (Å²) in [4.78, 5) is 24.4. The average molecular weight is 498 g/mol. The number of carbonyl (C=O) groups is 1. The average Bonchev–Trinajstić information content (AvgIpc) is 2.77. The Morgan fingerprint density at radius 2 is 2.09 bits per heavy atom. The van der Waals surface area contributed by atoms with E-state index in [9.17, 15) is 26.6 Å². The topological polar surface area (TPSA) is 150 Å². The molecule has 0 fully saturated rings. The SMILES string of the molecule is CN1C(N)=N[C@](C)(c2nc(NC(=O)c3ccc(C#N)cn3)ccc2F)CS1(=O)=NCC(F)(F)F. The van der Waals surface area contributed by atoms with Gasteiger partial charge in [0.25, 0.3) is 5.91 Å². The van der Waals surface area contributed by atoms with Crippen LogP contribution in [-0.4, -0.2) is 55.9 Å². The molecule has 0 radical (unpaired) electrons. The van der Waals surface area contributed by atoms with Gasteiger partial charge in [0.1, 0.15) is 51.1 Å². The third kappa shape index (κ3) is 5.22. The van der Waals surface area contributed by atoms with Crippen LogP contribution in [-0.2, 0) is 15.5 Å². The molecule has 2 aromatic rings. The molecule has 0 saturated carbocycles. The fraction of sp³-hybridized carbons (Fsp3) is 0.316. The maximum atomic E-state index is 14.7. The number of anilines is 1. The summed E-state index contributed by atoms with van der Waals surface area (Å²) in [6.45, 7) is -0.391. The van der Waals surface area contributed by atoms with Crippen LogP contribution in [0.1, 0.15) is 28.7 Å². The van der Waals surface area contributed by atoms with E-state index in [2.05, 4.69) is 24.6 Å². The second-order valence-corrected chi connectivity index (χ2v) is 9.73. The van der Waals surface area contributed by atoms with Gasteiger partial charge in [-0.1, -0.05) is 0 Å². The van der Waals surface area contributed by atoms with Crippen LogP contribution in [0.5, 0.6) is 0 Å². The Balaban J connectivity index is 1.97. The molecule has 34 heavy (non-hydrogen) atoms. The zero-order valence-corrected chi connectivity index (χ0v) is 18.6. The Kier molecular flexibility index (Phi) is 6.47. The van der Waals surface area contributed by atoms with Gasteiger partial charge in [-0.05, 0) is 31.2 Å². The highest BCUT2D eigenvalue weighted by Crippen LogP contribution is 2.34. The van der Waals surface area contributed by atoms with Crippen molar-refractivity contribution in [2.24, 2.45) is 15.1 Å². The van der Waals surface area contributed by atoms with Crippen LogP contribution >= 0.6 is 0 Å². The zero-order valence-electron chi connectivity index (χ0n) is 17.8. The van der Waals surface area contributed by atoms with Crippen LogP contribution in [0.25, 0.3) is 0 Å². The minimum atomic E-state index is -4.71. The lowest BCUT2D eigenvalue weighted by atomic mass is 10.00. The van der Waals surface area contributed by atoms with Crippen molar-refractivity contribution < 1.29 is 26.6 Å². The van der Waals surface area contributed by atoms with Gasteiger partial charge >= 0.3 is 6.18 Å². The van der Waals surface area contributed by atoms with Gasteiger partial charge in [0.05, 0.1) is 11.3 Å². The first kappa shape index (κ1) is 24.8. The number of nitrogens with two attached hydrogens (primary N) is 1. The van der Waals surface area contributed by atoms with Crippen molar-refractivity contribution in [1.82, 2.24) is 14.3 Å². The van der Waals surface area contributed by atoms with Crippen molar-refractivity contribution >= 4 is 27.6 Å². The number of nitriles is 1. The summed E-state index contributed by atoms with van der Waals surface area (Å²) in [5, 5.41) is 11.2. The molecule has 1 amide bonds. The molecule has 180 valence electrons. The summed E-state index contributed by atoms with van der Waals surface area (Å²) in [5.74, 6) is -2.79. The molecule has 1 unspecified atom stereocenters. The van der Waals surface area contributed by atoms with Gasteiger partial charge in [0.15, 0.2) is 0 Å². The van der Waals surface area contributed by atoms with E-state index in [1.165, 1.54) is 32.3 Å². The number of rotatable bonds is 4. The van der Waals surface area contributed by atoms with E-state index in [0.717, 1.165) is 16.4 Å². The lowest BCUT2D eigenvalue weighted by Crippen LogP contribution is -2.51. The molecule has 0 bridgehead atoms. The van der Waals surface area contributed by atoms with Crippen LogP contribution in [0.3, 0.4) is 0 Å². The van der Waals surface area contributed by atoms with Gasteiger partial charge in [-0.25, -0.2) is 27.9 Å². The number of nitrogens with zero attached hydrogens (tertiary/aromatic N) is 6. The quantitative estimate of drug-likeness (QED) is 0.617. The third-order valence-corrected chi connectivity index (χ3v) is 7.26. The lowest BCUT2D eigenvalue weighted by Gasteiger charge is -2.36. The Labute approximate surface area is 191 Å². The number of aliphatic imine (C=N–C) groups is 1. The van der Waals surface area contributed by atoms with E-state index in [1.807, 2.05) is 6.07 Å². The first-order valence-electron chi connectivity index (χ1n) is 9.47. The number of nitrogens with one attached hydrogen (secondary N) is 1. The predicted octanol–water partition coefficient (Wildman–Crippen LogP) is 2.16. The molecule has 2 atom stereocenters. The summed E-state index contributed by atoms with van der Waals surface area (Å²) < 4.78 is 70.2. The van der Waals surface area contributed by atoms with Gasteiger partial charge < -0.3 is 11.1 Å². The summed E-state index contributed by atoms with van der Waals surface area (Å²) in [6.07, 6.45) is -3.52. The fourth-order valence-electron chi connectivity index (χ4n) is 3.06. The molecular weight excluding hydrogens is 480 g/mol. The minimum Gasteiger partial charge on any atom is -0.369 e. The van der Waals surface area contributed by atoms with Crippen molar-refractivity contribution in [3.05, 3.63) is 53.2 Å². The van der Waals surface area contributed by atoms with Gasteiger partial charge in [-0.15, -0.1) is 0 Å². The smallest absolute Gasteiger partial charge is 0.369 e. The molecule has 10 nitrogen and oxygen atoms in total. The largest absolute Gasteiger partial charge is 0.408 e. The van der Waals surface area contributed by atoms with E-state index in [-0.39, 0.29) is 17.1 Å². The van der Waals surface area contributed by atoms with Gasteiger partial charge in [-0.2, -0.15) is 18.4 Å². The van der Waals surface area contributed by atoms with Gasteiger partial charge in [0.2, 0.25) is 5.96 Å². The van der Waals surface area contributed by atoms with Crippen molar-refractivity contribution in [3.63, 3.8) is 0 Å². The van der Waals surface area contributed by atoms with Crippen LogP contribution in [0, 0.1) is 17.1 Å². The first-order chi connectivity index (χ1) is 15.8. The van der Waals surface area contributed by atoms with Crippen LogP contribution in [0.2, 0.25) is 0 Å². The minimum absolute atomic E-state index is 0.0478. The van der Waals surface area contributed by atoms with Crippen molar-refractivity contribution in [2.75, 3.05) is 24.7 Å². The molecule has 2 aromatic heterocycles. The highest BCUT2D eigenvalue weighted by Gasteiger charge is 2.42. The highest BCUT2D eigenvalue weighted by atomic mass is 32.2. The molecule has 0 saturated heterocycles. The number of aromatic nitrogens is 2. The second kappa shape index (κ2) is 8.86. The highest BCUT2D eigenvalue weighted by molar-refractivity contribution is 7.92. The van der Waals surface area contributed by atoms with E-state index in [0.29, 0.717) is 0 Å². The molecule has 3 N–H and O–H groups in total. The van der Waals surface area contributed by atoms with E-state index in [4.69, 9.17) is 11.0 Å². The molecule has 0 aliphatic carbocycles. The second-order valence-electron chi connectivity index (χ2n) is 7.42. The van der Waals surface area contributed by atoms with E-state index >= 15 is 0 Å². The molecule has 1 aliphatic heterocycles. The number of alkyl halides is 3. The summed E-state index contributed by atoms with van der Waals surface area (Å²) in [6, 6.07) is 6.66. The monoisotopic (exact) mass is 498 g/mol. The number of hydrogen-bond donors (Lipinski definition) is 2. The first-order valence-corrected chi connectivity index (χ1v) is 11.1. The normalized spacial score (nSPS) is 22.5. The number of amides is 1. The fourth-order valence-corrected chi connectivity index (χ4v) is 5.13. The molecule has 3 rings (SSSR count). The maximum Gasteiger partial charge on any atom is 0.408 e. The Bertz CT molecular complexity index is 1310. The van der Waals surface area contributed by atoms with Crippen LogP contribution < -0.4 is 11.1 Å². The lowest BCUT2D eigenvalue weighted by molar-refractivity contribution is -0.117. The number of hydrogen-bond acceptors (Lipinski definition) is 8. The zero-order chi connectivity index (χ0) is 25.3. The summed E-state index contributed by atoms with van der Waals surface area (Å²) in [7, 11) is -2.58. The van der Waals surface area contributed by atoms with Crippen molar-refractivity contribution in [3.8, 4) is 6.07 Å². The number of guanidine groups is 1. The predicted molar refractivity (Wildman–Crippen MR) is 114 cm³/mol. The molecule has 0 aromatic carbocycles. The Morgan fingerprint density at radius 3 is 2.68 bits per heavy atom. The Hall–Kier alpha value is -3.80. The van der Waals surface area contributed by atoms with Crippen LogP contribution in [0.15, 0.2) is 39.8 Å². The molecule has 15 heteroatoms.